The van der Waals surface area contributed by atoms with Crippen LogP contribution < -0.4 is 10.6 Å². The largest absolute Gasteiger partial charge is 0.357 e. The van der Waals surface area contributed by atoms with Crippen molar-refractivity contribution in [3.05, 3.63) is 23.0 Å². The van der Waals surface area contributed by atoms with Crippen LogP contribution in [0, 0.1) is 5.41 Å². The molecule has 0 atom stereocenters. The van der Waals surface area contributed by atoms with Gasteiger partial charge >= 0.3 is 0 Å². The minimum absolute atomic E-state index is 0.0366. The molecule has 0 aliphatic heterocycles. The van der Waals surface area contributed by atoms with E-state index in [1.54, 1.807) is 0 Å². The first kappa shape index (κ1) is 20.4. The van der Waals surface area contributed by atoms with Gasteiger partial charge in [0, 0.05) is 44.5 Å². The van der Waals surface area contributed by atoms with Gasteiger partial charge in [0.1, 0.15) is 0 Å². The van der Waals surface area contributed by atoms with Gasteiger partial charge in [0.2, 0.25) is 5.91 Å². The lowest BCUT2D eigenvalue weighted by Gasteiger charge is -2.22. The smallest absolute Gasteiger partial charge is 0.225 e. The Labute approximate surface area is 150 Å². The number of aromatic nitrogens is 1. The van der Waals surface area contributed by atoms with Crippen molar-refractivity contribution in [1.29, 1.82) is 0 Å². The maximum absolute atomic E-state index is 11.8. The molecule has 7 heteroatoms. The van der Waals surface area contributed by atoms with E-state index >= 15 is 0 Å². The molecule has 1 rings (SSSR count). The first-order valence-corrected chi connectivity index (χ1v) is 8.61. The van der Waals surface area contributed by atoms with Crippen LogP contribution in [-0.4, -0.2) is 48.0 Å². The molecule has 1 aromatic heterocycles. The number of carbonyl (C=O) groups is 1. The Hall–Kier alpha value is -1.69. The monoisotopic (exact) mass is 355 g/mol. The molecule has 0 saturated carbocycles. The van der Waals surface area contributed by atoms with Gasteiger partial charge in [-0.2, -0.15) is 0 Å². The van der Waals surface area contributed by atoms with E-state index in [-0.39, 0.29) is 11.3 Å². The van der Waals surface area contributed by atoms with Crippen LogP contribution in [0.3, 0.4) is 0 Å². The zero-order chi connectivity index (χ0) is 18.3. The molecule has 6 nitrogen and oxygen atoms in total. The SMILES string of the molecule is CCNC(=NCCNC(=O)C(C)(C)C)N(C)Cc1cc(Cl)cn1C. The number of halogens is 1. The average Bonchev–Trinajstić information content (AvgIpc) is 2.78. The second-order valence-corrected chi connectivity index (χ2v) is 7.29. The van der Waals surface area contributed by atoms with Crippen molar-refractivity contribution in [1.82, 2.24) is 20.1 Å². The molecule has 0 aliphatic carbocycles. The number of nitrogens with zero attached hydrogens (tertiary/aromatic N) is 3. The number of aryl methyl sites for hydroxylation is 1. The highest BCUT2D eigenvalue weighted by Crippen LogP contribution is 2.14. The summed E-state index contributed by atoms with van der Waals surface area (Å²) in [4.78, 5) is 18.5. The maximum atomic E-state index is 11.8. The second-order valence-electron chi connectivity index (χ2n) is 6.86. The van der Waals surface area contributed by atoms with Gasteiger partial charge in [-0.05, 0) is 13.0 Å². The van der Waals surface area contributed by atoms with E-state index in [1.165, 1.54) is 0 Å². The molecule has 0 bridgehead atoms. The predicted octanol–water partition coefficient (Wildman–Crippen LogP) is 2.24. The van der Waals surface area contributed by atoms with Crippen LogP contribution in [-0.2, 0) is 18.4 Å². The Morgan fingerprint density at radius 1 is 1.38 bits per heavy atom. The molecule has 0 unspecified atom stereocenters. The molecule has 0 aromatic carbocycles. The highest BCUT2D eigenvalue weighted by atomic mass is 35.5. The zero-order valence-corrected chi connectivity index (χ0v) is 16.4. The molecule has 24 heavy (non-hydrogen) atoms. The summed E-state index contributed by atoms with van der Waals surface area (Å²) in [7, 11) is 3.96. The van der Waals surface area contributed by atoms with E-state index < -0.39 is 0 Å². The molecule has 1 aromatic rings. The van der Waals surface area contributed by atoms with Gasteiger partial charge in [-0.25, -0.2) is 0 Å². The van der Waals surface area contributed by atoms with Crippen LogP contribution >= 0.6 is 11.6 Å². The van der Waals surface area contributed by atoms with Crippen LogP contribution in [0.25, 0.3) is 0 Å². The highest BCUT2D eigenvalue weighted by Gasteiger charge is 2.20. The Balaban J connectivity index is 2.61. The lowest BCUT2D eigenvalue weighted by Crippen LogP contribution is -2.40. The molecule has 0 saturated heterocycles. The summed E-state index contributed by atoms with van der Waals surface area (Å²) in [5.74, 6) is 0.842. The molecular weight excluding hydrogens is 326 g/mol. The number of hydrogen-bond donors (Lipinski definition) is 2. The van der Waals surface area contributed by atoms with Crippen LogP contribution in [0.15, 0.2) is 17.3 Å². The molecular formula is C17H30ClN5O. The lowest BCUT2D eigenvalue weighted by molar-refractivity contribution is -0.128. The van der Waals surface area contributed by atoms with E-state index in [0.717, 1.165) is 23.2 Å². The lowest BCUT2D eigenvalue weighted by atomic mass is 9.96. The molecule has 1 amide bonds. The number of hydrogen-bond acceptors (Lipinski definition) is 2. The summed E-state index contributed by atoms with van der Waals surface area (Å²) >= 11 is 6.03. The molecule has 0 spiro atoms. The minimum atomic E-state index is -0.378. The molecule has 0 fully saturated rings. The number of aliphatic imine (C=N–C) groups is 1. The minimum Gasteiger partial charge on any atom is -0.357 e. The third kappa shape index (κ3) is 6.43. The topological polar surface area (TPSA) is 61.7 Å². The summed E-state index contributed by atoms with van der Waals surface area (Å²) in [5.41, 5.74) is 0.728. The van der Waals surface area contributed by atoms with Crippen molar-refractivity contribution in [2.75, 3.05) is 26.7 Å². The molecule has 0 radical (unpaired) electrons. The fourth-order valence-electron chi connectivity index (χ4n) is 2.11. The Morgan fingerprint density at radius 2 is 2.04 bits per heavy atom. The van der Waals surface area contributed by atoms with E-state index in [9.17, 15) is 4.79 Å². The summed E-state index contributed by atoms with van der Waals surface area (Å²) < 4.78 is 2.01. The summed E-state index contributed by atoms with van der Waals surface area (Å²) in [6.07, 6.45) is 1.89. The van der Waals surface area contributed by atoms with Crippen molar-refractivity contribution in [3.63, 3.8) is 0 Å². The van der Waals surface area contributed by atoms with Gasteiger partial charge in [-0.3, -0.25) is 9.79 Å². The van der Waals surface area contributed by atoms with Gasteiger partial charge in [0.25, 0.3) is 0 Å². The van der Waals surface area contributed by atoms with E-state index in [4.69, 9.17) is 11.6 Å². The Kier molecular flexibility index (Phi) is 7.60. The third-order valence-corrected chi connectivity index (χ3v) is 3.72. The number of amides is 1. The normalized spacial score (nSPS) is 12.2. The fraction of sp³-hybridized carbons (Fsp3) is 0.647. The number of nitrogens with one attached hydrogen (secondary N) is 2. The zero-order valence-electron chi connectivity index (χ0n) is 15.6. The number of carbonyl (C=O) groups excluding carboxylic acids is 1. The van der Waals surface area contributed by atoms with Crippen LogP contribution in [0.1, 0.15) is 33.4 Å². The van der Waals surface area contributed by atoms with E-state index in [2.05, 4.69) is 15.6 Å². The van der Waals surface area contributed by atoms with Gasteiger partial charge in [0.05, 0.1) is 18.1 Å². The summed E-state index contributed by atoms with van der Waals surface area (Å²) in [5, 5.41) is 6.90. The van der Waals surface area contributed by atoms with Crippen molar-refractivity contribution >= 4 is 23.5 Å². The van der Waals surface area contributed by atoms with Crippen molar-refractivity contribution in [2.45, 2.75) is 34.2 Å². The van der Waals surface area contributed by atoms with Crippen LogP contribution in [0.5, 0.6) is 0 Å². The summed E-state index contributed by atoms with van der Waals surface area (Å²) in [6.45, 7) is 10.3. The number of guanidine groups is 1. The highest BCUT2D eigenvalue weighted by molar-refractivity contribution is 6.30. The van der Waals surface area contributed by atoms with Crippen molar-refractivity contribution in [2.24, 2.45) is 17.5 Å². The summed E-state index contributed by atoms with van der Waals surface area (Å²) in [6, 6.07) is 1.95. The third-order valence-electron chi connectivity index (χ3n) is 3.51. The van der Waals surface area contributed by atoms with Crippen molar-refractivity contribution in [3.8, 4) is 0 Å². The second kappa shape index (κ2) is 8.97. The first-order chi connectivity index (χ1) is 11.1. The quantitative estimate of drug-likeness (QED) is 0.467. The predicted molar refractivity (Wildman–Crippen MR) is 100 cm³/mol. The van der Waals surface area contributed by atoms with Crippen molar-refractivity contribution < 1.29 is 4.79 Å². The van der Waals surface area contributed by atoms with Gasteiger partial charge in [0.15, 0.2) is 5.96 Å². The average molecular weight is 356 g/mol. The van der Waals surface area contributed by atoms with Crippen LogP contribution in [0.2, 0.25) is 5.02 Å². The first-order valence-electron chi connectivity index (χ1n) is 8.23. The van der Waals surface area contributed by atoms with E-state index in [0.29, 0.717) is 19.6 Å². The fourth-order valence-corrected chi connectivity index (χ4v) is 2.38. The standard InChI is InChI=1S/C17H30ClN5O/c1-7-19-16(21-9-8-20-15(24)17(2,3)4)23(6)12-14-10-13(18)11-22(14)5/h10-11H,7-9,12H2,1-6H3,(H,19,21)(H,20,24). The van der Waals surface area contributed by atoms with E-state index in [1.807, 2.05) is 63.5 Å². The Bertz CT molecular complexity index is 574. The molecule has 136 valence electrons. The van der Waals surface area contributed by atoms with Crippen LogP contribution in [0.4, 0.5) is 0 Å². The van der Waals surface area contributed by atoms with Gasteiger partial charge in [-0.15, -0.1) is 0 Å². The number of rotatable bonds is 6. The molecule has 0 aliphatic rings. The maximum Gasteiger partial charge on any atom is 0.225 e. The molecule has 2 N–H and O–H groups in total. The molecule has 1 heterocycles. The van der Waals surface area contributed by atoms with Gasteiger partial charge < -0.3 is 20.1 Å². The Morgan fingerprint density at radius 3 is 2.54 bits per heavy atom. The van der Waals surface area contributed by atoms with Gasteiger partial charge in [-0.1, -0.05) is 32.4 Å².